The number of benzene rings is 3. The second-order valence-corrected chi connectivity index (χ2v) is 9.54. The van der Waals surface area contributed by atoms with Gasteiger partial charge in [-0.25, -0.2) is 8.78 Å². The fourth-order valence-corrected chi connectivity index (χ4v) is 4.54. The Morgan fingerprint density at radius 3 is 2.15 bits per heavy atom. The van der Waals surface area contributed by atoms with Gasteiger partial charge in [0.2, 0.25) is 11.8 Å². The maximum absolute atomic E-state index is 15.1. The van der Waals surface area contributed by atoms with Crippen molar-refractivity contribution in [3.8, 4) is 23.0 Å². The Kier molecular flexibility index (Phi) is 6.41. The zero-order valence-electron chi connectivity index (χ0n) is 21.9. The van der Waals surface area contributed by atoms with Crippen molar-refractivity contribution in [2.75, 3.05) is 24.9 Å². The summed E-state index contributed by atoms with van der Waals surface area (Å²) in [6.45, 7) is 0. The topological polar surface area (TPSA) is 112 Å². The first-order valence-corrected chi connectivity index (χ1v) is 12.6. The van der Waals surface area contributed by atoms with Crippen LogP contribution in [0.5, 0.6) is 23.0 Å². The smallest absolute Gasteiger partial charge is 0.240 e. The highest BCUT2D eigenvalue weighted by Crippen LogP contribution is 2.48. The normalized spacial score (nSPS) is 13.6. The molecule has 0 aliphatic heterocycles. The summed E-state index contributed by atoms with van der Waals surface area (Å²) in [5.41, 5.74) is 0.528. The van der Waals surface area contributed by atoms with Gasteiger partial charge in [-0.1, -0.05) is 0 Å². The van der Waals surface area contributed by atoms with Crippen LogP contribution in [-0.4, -0.2) is 31.0 Å². The average Bonchev–Trinajstić information content (AvgIpc) is 3.71. The van der Waals surface area contributed by atoms with E-state index in [1.807, 2.05) is 0 Å². The van der Waals surface area contributed by atoms with E-state index >= 15 is 4.39 Å². The molecular weight excluding hydrogens is 536 g/mol. The van der Waals surface area contributed by atoms with Crippen molar-refractivity contribution in [2.24, 2.45) is 5.41 Å². The third kappa shape index (κ3) is 4.75. The highest BCUT2D eigenvalue weighted by molar-refractivity contribution is 6.17. The number of hydrogen-bond donors (Lipinski definition) is 2. The maximum Gasteiger partial charge on any atom is 0.240 e. The van der Waals surface area contributed by atoms with Crippen LogP contribution in [0, 0.1) is 17.0 Å². The van der Waals surface area contributed by atoms with E-state index in [0.717, 1.165) is 6.07 Å². The molecule has 2 aromatic heterocycles. The predicted molar refractivity (Wildman–Crippen MR) is 146 cm³/mol. The average molecular weight is 560 g/mol. The molecule has 0 atom stereocenters. The number of carbonyl (C=O) groups is 2. The molecule has 2 N–H and O–H groups in total. The minimum atomic E-state index is -1.28. The summed E-state index contributed by atoms with van der Waals surface area (Å²) in [6, 6.07) is 14.1. The summed E-state index contributed by atoms with van der Waals surface area (Å²) in [6.07, 6.45) is 2.19. The zero-order chi connectivity index (χ0) is 28.7. The van der Waals surface area contributed by atoms with Crippen LogP contribution < -0.4 is 24.8 Å². The molecule has 2 heterocycles. The lowest BCUT2D eigenvalue weighted by Crippen LogP contribution is -2.35. The third-order valence-electron chi connectivity index (χ3n) is 6.95. The minimum Gasteiger partial charge on any atom is -0.493 e. The number of rotatable bonds is 8. The molecule has 9 nitrogen and oxygen atoms in total. The molecule has 41 heavy (non-hydrogen) atoms. The number of pyridine rings is 1. The van der Waals surface area contributed by atoms with Crippen LogP contribution in [0.2, 0.25) is 0 Å². The first-order valence-electron chi connectivity index (χ1n) is 12.6. The van der Waals surface area contributed by atoms with Gasteiger partial charge in [0.15, 0.2) is 34.4 Å². The molecule has 0 saturated heterocycles. The molecule has 0 radical (unpaired) electrons. The Bertz CT molecular complexity index is 1820. The first-order chi connectivity index (χ1) is 19.8. The van der Waals surface area contributed by atoms with Crippen LogP contribution in [0.25, 0.3) is 22.1 Å². The number of fused-ring (bicyclic) bond motifs is 3. The number of amides is 2. The van der Waals surface area contributed by atoms with Crippen LogP contribution >= 0.6 is 0 Å². The Morgan fingerprint density at radius 2 is 1.49 bits per heavy atom. The number of aromatic nitrogens is 1. The molecular formula is C30H23F2N3O6. The van der Waals surface area contributed by atoms with Gasteiger partial charge in [-0.3, -0.25) is 14.6 Å². The molecule has 0 spiro atoms. The molecule has 6 rings (SSSR count). The predicted octanol–water partition coefficient (Wildman–Crippen LogP) is 6.43. The number of hydrogen-bond acceptors (Lipinski definition) is 7. The van der Waals surface area contributed by atoms with E-state index in [4.69, 9.17) is 18.6 Å². The number of anilines is 2. The molecule has 2 amide bonds. The number of nitrogens with zero attached hydrogens (tertiary/aromatic N) is 1. The first kappa shape index (κ1) is 26.1. The highest BCUT2D eigenvalue weighted by atomic mass is 19.1. The lowest BCUT2D eigenvalue weighted by atomic mass is 10.0. The summed E-state index contributed by atoms with van der Waals surface area (Å²) in [5, 5.41) is 5.91. The zero-order valence-corrected chi connectivity index (χ0v) is 21.9. The number of halogens is 2. The van der Waals surface area contributed by atoms with Crippen molar-refractivity contribution in [1.29, 1.82) is 0 Å². The summed E-state index contributed by atoms with van der Waals surface area (Å²) in [5.74, 6) is -1.16. The van der Waals surface area contributed by atoms with Crippen LogP contribution in [0.15, 0.2) is 71.3 Å². The molecule has 11 heteroatoms. The Labute approximate surface area is 232 Å². The molecule has 208 valence electrons. The fraction of sp³-hybridized carbons (Fsp3) is 0.167. The summed E-state index contributed by atoms with van der Waals surface area (Å²) in [7, 11) is 3.04. The van der Waals surface area contributed by atoms with Gasteiger partial charge in [0.25, 0.3) is 0 Å². The lowest BCUT2D eigenvalue weighted by molar-refractivity contribution is -0.131. The van der Waals surface area contributed by atoms with Crippen LogP contribution in [0.3, 0.4) is 0 Å². The summed E-state index contributed by atoms with van der Waals surface area (Å²) < 4.78 is 50.8. The van der Waals surface area contributed by atoms with Gasteiger partial charge >= 0.3 is 0 Å². The van der Waals surface area contributed by atoms with Crippen molar-refractivity contribution in [1.82, 2.24) is 4.98 Å². The van der Waals surface area contributed by atoms with Crippen LogP contribution in [-0.2, 0) is 9.59 Å². The second-order valence-electron chi connectivity index (χ2n) is 9.54. The lowest BCUT2D eigenvalue weighted by Gasteiger charge is -2.16. The SMILES string of the molecule is COc1cc2oc3c(Oc4ccc(NC(=O)C5(C(=O)Nc6ccc(F)cc6)CC5)cc4F)ccnc3c2cc1OC. The Balaban J connectivity index is 1.20. The number of carbonyl (C=O) groups excluding carboxylic acids is 2. The van der Waals surface area contributed by atoms with Crippen molar-refractivity contribution in [3.63, 3.8) is 0 Å². The van der Waals surface area contributed by atoms with Gasteiger partial charge in [0, 0.05) is 35.8 Å². The van der Waals surface area contributed by atoms with E-state index < -0.39 is 28.9 Å². The molecule has 0 unspecified atom stereocenters. The number of ether oxygens (including phenoxy) is 3. The molecule has 1 fully saturated rings. The van der Waals surface area contributed by atoms with Crippen molar-refractivity contribution >= 4 is 45.3 Å². The van der Waals surface area contributed by atoms with Gasteiger partial charge in [-0.05, 0) is 55.3 Å². The van der Waals surface area contributed by atoms with Crippen molar-refractivity contribution in [2.45, 2.75) is 12.8 Å². The second kappa shape index (κ2) is 10.1. The minimum absolute atomic E-state index is 0.110. The van der Waals surface area contributed by atoms with Gasteiger partial charge in [0.05, 0.1) is 19.6 Å². The van der Waals surface area contributed by atoms with Gasteiger partial charge in [0.1, 0.15) is 22.3 Å². The quantitative estimate of drug-likeness (QED) is 0.211. The van der Waals surface area contributed by atoms with Crippen LogP contribution in [0.1, 0.15) is 12.8 Å². The number of furan rings is 1. The molecule has 3 aromatic carbocycles. The molecule has 1 aliphatic carbocycles. The van der Waals surface area contributed by atoms with E-state index in [9.17, 15) is 14.0 Å². The Hall–Kier alpha value is -5.19. The Morgan fingerprint density at radius 1 is 0.829 bits per heavy atom. The molecule has 1 aliphatic rings. The molecule has 1 saturated carbocycles. The van der Waals surface area contributed by atoms with E-state index in [1.165, 1.54) is 56.8 Å². The van der Waals surface area contributed by atoms with Crippen molar-refractivity contribution in [3.05, 3.63) is 78.5 Å². The molecule has 5 aromatic rings. The third-order valence-corrected chi connectivity index (χ3v) is 6.95. The maximum atomic E-state index is 15.1. The van der Waals surface area contributed by atoms with Crippen LogP contribution in [0.4, 0.5) is 20.2 Å². The van der Waals surface area contributed by atoms with E-state index in [0.29, 0.717) is 52.1 Å². The van der Waals surface area contributed by atoms with E-state index in [1.54, 1.807) is 18.2 Å². The number of methoxy groups -OCH3 is 2. The molecule has 0 bridgehead atoms. The van der Waals surface area contributed by atoms with E-state index in [2.05, 4.69) is 15.6 Å². The largest absolute Gasteiger partial charge is 0.493 e. The monoisotopic (exact) mass is 559 g/mol. The summed E-state index contributed by atoms with van der Waals surface area (Å²) >= 11 is 0. The van der Waals surface area contributed by atoms with E-state index in [-0.39, 0.29) is 17.2 Å². The van der Waals surface area contributed by atoms with Crippen molar-refractivity contribution < 1.29 is 37.0 Å². The van der Waals surface area contributed by atoms with Gasteiger partial charge in [-0.2, -0.15) is 0 Å². The summed E-state index contributed by atoms with van der Waals surface area (Å²) in [4.78, 5) is 30.1. The van der Waals surface area contributed by atoms with Gasteiger partial charge in [-0.15, -0.1) is 0 Å². The highest BCUT2D eigenvalue weighted by Gasteiger charge is 2.56. The van der Waals surface area contributed by atoms with Gasteiger partial charge < -0.3 is 29.3 Å². The fourth-order valence-electron chi connectivity index (χ4n) is 4.54. The number of nitrogens with one attached hydrogen (secondary N) is 2. The standard InChI is InChI=1S/C30H23F2N3O6/c1-38-24-14-19-23(15-25(24)39-2)41-27-22(9-12-33-26(19)27)40-21-8-7-18(13-20(21)32)35-29(37)30(10-11-30)28(36)34-17-5-3-16(31)4-6-17/h3-9,12-15H,10-11H2,1-2H3,(H,34,36)(H,35,37).